The molecule has 0 fully saturated rings. The van der Waals surface area contributed by atoms with Crippen LogP contribution in [-0.4, -0.2) is 48.8 Å². The monoisotopic (exact) mass is 465 g/mol. The average molecular weight is 466 g/mol. The van der Waals surface area contributed by atoms with E-state index in [2.05, 4.69) is 21.5 Å². The molecule has 34 heavy (non-hydrogen) atoms. The van der Waals surface area contributed by atoms with Gasteiger partial charge in [-0.25, -0.2) is 4.99 Å². The van der Waals surface area contributed by atoms with E-state index in [9.17, 15) is 24.6 Å². The van der Waals surface area contributed by atoms with Crippen LogP contribution in [0.2, 0.25) is 0 Å². The smallest absolute Gasteiger partial charge is 0.303 e. The Balaban J connectivity index is 2.19. The summed E-state index contributed by atoms with van der Waals surface area (Å²) in [7, 11) is 0. The van der Waals surface area contributed by atoms with Gasteiger partial charge in [0.2, 0.25) is 0 Å². The quantitative estimate of drug-likeness (QED) is 0.380. The highest BCUT2D eigenvalue weighted by Crippen LogP contribution is 2.25. The Morgan fingerprint density at radius 2 is 1.56 bits per heavy atom. The van der Waals surface area contributed by atoms with Gasteiger partial charge in [0.05, 0.1) is 5.71 Å². The maximum absolute atomic E-state index is 12.1. The Morgan fingerprint density at radius 3 is 2.12 bits per heavy atom. The molecule has 0 radical (unpaired) electrons. The molecule has 0 spiro atoms. The maximum atomic E-state index is 12.1. The van der Waals surface area contributed by atoms with Crippen LogP contribution in [0.1, 0.15) is 47.7 Å². The van der Waals surface area contributed by atoms with Gasteiger partial charge in [-0.05, 0) is 68.0 Å². The molecule has 178 valence electrons. The summed E-state index contributed by atoms with van der Waals surface area (Å²) < 4.78 is 0. The number of aromatic nitrogens is 2. The average Bonchev–Trinajstić information content (AvgIpc) is 3.30. The van der Waals surface area contributed by atoms with Gasteiger partial charge in [0.1, 0.15) is 0 Å². The Kier molecular flexibility index (Phi) is 7.05. The van der Waals surface area contributed by atoms with E-state index in [0.717, 1.165) is 11.1 Å². The molecule has 1 aliphatic heterocycles. The van der Waals surface area contributed by atoms with Gasteiger partial charge in [-0.2, -0.15) is 0 Å². The second-order valence-corrected chi connectivity index (χ2v) is 8.17. The van der Waals surface area contributed by atoms with Crippen molar-refractivity contribution in [1.29, 1.82) is 0 Å². The SMILES string of the molecule is C=CC1=C(C)C(/C=c2/[nH]/c(=C\c3[nH]c(O)c(C)c3CCC(=O)O)c(CCC(=O)O)c2C)=NC1=O. The number of nitrogens with one attached hydrogen (secondary N) is 2. The van der Waals surface area contributed by atoms with Gasteiger partial charge >= 0.3 is 11.9 Å². The van der Waals surface area contributed by atoms with Crippen LogP contribution in [0.5, 0.6) is 5.88 Å². The molecule has 0 saturated heterocycles. The Morgan fingerprint density at radius 1 is 0.941 bits per heavy atom. The molecule has 9 heteroatoms. The van der Waals surface area contributed by atoms with Gasteiger partial charge in [-0.15, -0.1) is 0 Å². The van der Waals surface area contributed by atoms with E-state index < -0.39 is 11.9 Å². The first-order chi connectivity index (χ1) is 16.0. The van der Waals surface area contributed by atoms with Crippen molar-refractivity contribution in [3.05, 3.63) is 62.4 Å². The largest absolute Gasteiger partial charge is 0.494 e. The lowest BCUT2D eigenvalue weighted by Gasteiger charge is -2.01. The third-order valence-electron chi connectivity index (χ3n) is 6.03. The van der Waals surface area contributed by atoms with E-state index in [0.29, 0.717) is 44.4 Å². The summed E-state index contributed by atoms with van der Waals surface area (Å²) in [6.45, 7) is 8.99. The molecule has 1 aliphatic rings. The molecule has 5 N–H and O–H groups in total. The first-order valence-corrected chi connectivity index (χ1v) is 10.7. The number of carboxylic acids is 2. The van der Waals surface area contributed by atoms with E-state index in [1.165, 1.54) is 6.08 Å². The number of hydrogen-bond acceptors (Lipinski definition) is 4. The third kappa shape index (κ3) is 4.93. The van der Waals surface area contributed by atoms with Gasteiger partial charge in [0.25, 0.3) is 5.91 Å². The molecule has 2 aromatic rings. The third-order valence-corrected chi connectivity index (χ3v) is 6.03. The van der Waals surface area contributed by atoms with Crippen molar-refractivity contribution in [2.24, 2.45) is 4.99 Å². The van der Waals surface area contributed by atoms with Gasteiger partial charge < -0.3 is 25.3 Å². The second kappa shape index (κ2) is 9.78. The minimum Gasteiger partial charge on any atom is -0.494 e. The number of carbonyl (C=O) groups excluding carboxylic acids is 1. The fourth-order valence-corrected chi connectivity index (χ4v) is 4.03. The van der Waals surface area contributed by atoms with Crippen LogP contribution in [0, 0.1) is 13.8 Å². The van der Waals surface area contributed by atoms with Gasteiger partial charge in [0.15, 0.2) is 5.88 Å². The molecular formula is C25H27N3O6. The predicted molar refractivity (Wildman–Crippen MR) is 127 cm³/mol. The number of carbonyl (C=O) groups is 3. The number of aromatic amines is 2. The molecule has 0 saturated carbocycles. The molecule has 1 amide bonds. The normalized spacial score (nSPS) is 14.8. The summed E-state index contributed by atoms with van der Waals surface area (Å²) in [6, 6.07) is 0. The maximum Gasteiger partial charge on any atom is 0.303 e. The van der Waals surface area contributed by atoms with E-state index in [1.807, 2.05) is 6.92 Å². The van der Waals surface area contributed by atoms with Crippen LogP contribution in [0.4, 0.5) is 0 Å². The lowest BCUT2D eigenvalue weighted by atomic mass is 10.0. The van der Waals surface area contributed by atoms with Crippen LogP contribution in [0.3, 0.4) is 0 Å². The fraction of sp³-hybridized carbons (Fsp3) is 0.280. The number of aromatic hydroxyl groups is 1. The zero-order valence-electron chi connectivity index (χ0n) is 19.3. The lowest BCUT2D eigenvalue weighted by Crippen LogP contribution is -2.14. The Labute approximate surface area is 195 Å². The van der Waals surface area contributed by atoms with Gasteiger partial charge in [-0.3, -0.25) is 14.4 Å². The summed E-state index contributed by atoms with van der Waals surface area (Å²) in [5.41, 5.74) is 4.98. The van der Waals surface area contributed by atoms with Gasteiger partial charge in [0, 0.05) is 40.4 Å². The van der Waals surface area contributed by atoms with E-state index in [-0.39, 0.29) is 37.5 Å². The number of aliphatic imine (C=N–C) groups is 1. The topological polar surface area (TPSA) is 156 Å². The van der Waals surface area contributed by atoms with Crippen molar-refractivity contribution in [3.63, 3.8) is 0 Å². The zero-order valence-corrected chi connectivity index (χ0v) is 19.3. The summed E-state index contributed by atoms with van der Waals surface area (Å²) in [4.78, 5) is 44.6. The van der Waals surface area contributed by atoms with Crippen molar-refractivity contribution in [3.8, 4) is 5.88 Å². The van der Waals surface area contributed by atoms with Crippen LogP contribution < -0.4 is 10.7 Å². The summed E-state index contributed by atoms with van der Waals surface area (Å²) in [5, 5.41) is 29.8. The second-order valence-electron chi connectivity index (χ2n) is 8.17. The number of nitrogens with zero attached hydrogens (tertiary/aromatic N) is 1. The summed E-state index contributed by atoms with van der Waals surface area (Å²) in [6.07, 6.45) is 5.25. The molecule has 3 heterocycles. The number of rotatable bonds is 9. The first kappa shape index (κ1) is 24.5. The zero-order chi connectivity index (χ0) is 25.2. The van der Waals surface area contributed by atoms with E-state index in [1.54, 1.807) is 26.0 Å². The van der Waals surface area contributed by atoms with Crippen molar-refractivity contribution < 1.29 is 29.7 Å². The summed E-state index contributed by atoms with van der Waals surface area (Å²) >= 11 is 0. The number of carboxylic acid groups (broad SMARTS) is 2. The highest BCUT2D eigenvalue weighted by molar-refractivity contribution is 6.31. The van der Waals surface area contributed by atoms with Crippen LogP contribution in [-0.2, 0) is 27.2 Å². The Hall–Kier alpha value is -4.14. The first-order valence-electron chi connectivity index (χ1n) is 10.7. The van der Waals surface area contributed by atoms with Crippen molar-refractivity contribution in [2.45, 2.75) is 46.5 Å². The number of amides is 1. The van der Waals surface area contributed by atoms with Crippen LogP contribution >= 0.6 is 0 Å². The number of allylic oxidation sites excluding steroid dienone is 1. The van der Waals surface area contributed by atoms with Gasteiger partial charge in [-0.1, -0.05) is 12.7 Å². The fourth-order valence-electron chi connectivity index (χ4n) is 4.03. The molecular weight excluding hydrogens is 438 g/mol. The predicted octanol–water partition coefficient (Wildman–Crippen LogP) is 1.79. The molecule has 9 nitrogen and oxygen atoms in total. The highest BCUT2D eigenvalue weighted by Gasteiger charge is 2.20. The standard InChI is InChI=1S/C25H27N3O6/c1-5-15-12(2)19(27-25(15)34)10-18-13(3)16(6-8-22(29)30)20(26-18)11-21-17(7-9-23(31)32)14(4)24(33)28-21/h5,10-11,26,28,33H,1,6-9H2,2-4H3,(H,29,30)(H,31,32)/b18-10+,20-11-. The van der Waals surface area contributed by atoms with E-state index >= 15 is 0 Å². The molecule has 0 bridgehead atoms. The van der Waals surface area contributed by atoms with Crippen LogP contribution in [0.15, 0.2) is 28.8 Å². The van der Waals surface area contributed by atoms with Crippen LogP contribution in [0.25, 0.3) is 12.2 Å². The Bertz CT molecular complexity index is 1380. The minimum absolute atomic E-state index is 0.0506. The number of aliphatic carboxylic acids is 2. The van der Waals surface area contributed by atoms with Crippen molar-refractivity contribution in [1.82, 2.24) is 9.97 Å². The highest BCUT2D eigenvalue weighted by atomic mass is 16.4. The van der Waals surface area contributed by atoms with E-state index in [4.69, 9.17) is 5.11 Å². The number of hydrogen-bond donors (Lipinski definition) is 5. The van der Waals surface area contributed by atoms with Crippen molar-refractivity contribution in [2.75, 3.05) is 0 Å². The molecule has 0 atom stereocenters. The number of H-pyrrole nitrogens is 2. The molecule has 0 aliphatic carbocycles. The molecule has 0 aromatic carbocycles. The molecule has 3 rings (SSSR count). The van der Waals surface area contributed by atoms with Crippen molar-refractivity contribution >= 4 is 35.7 Å². The molecule has 0 unspecified atom stereocenters. The molecule has 2 aromatic heterocycles. The lowest BCUT2D eigenvalue weighted by molar-refractivity contribution is -0.138. The minimum atomic E-state index is -0.949. The summed E-state index contributed by atoms with van der Waals surface area (Å²) in [5.74, 6) is -2.30.